The highest BCUT2D eigenvalue weighted by molar-refractivity contribution is 6.30. The van der Waals surface area contributed by atoms with E-state index in [2.05, 4.69) is 0 Å². The van der Waals surface area contributed by atoms with E-state index in [4.69, 9.17) is 17.3 Å². The maximum absolute atomic E-state index is 11.2. The number of rotatable bonds is 1. The maximum atomic E-state index is 11.2. The monoisotopic (exact) mass is 175 g/mol. The molecule has 1 heterocycles. The minimum Gasteiger partial charge on any atom is -0.325 e. The molecule has 11 heavy (non-hydrogen) atoms. The van der Waals surface area contributed by atoms with Gasteiger partial charge in [-0.2, -0.15) is 0 Å². The van der Waals surface area contributed by atoms with E-state index in [-0.39, 0.29) is 12.2 Å². The minimum absolute atomic E-state index is 0.143. The maximum Gasteiger partial charge on any atom is 0.329 e. The molecule has 62 valence electrons. The quantitative estimate of drug-likeness (QED) is 0.645. The van der Waals surface area contributed by atoms with Crippen molar-refractivity contribution in [1.29, 1.82) is 0 Å². The van der Waals surface area contributed by atoms with Crippen molar-refractivity contribution in [3.05, 3.63) is 21.3 Å². The Kier molecular flexibility index (Phi) is 2.06. The van der Waals surface area contributed by atoms with Crippen LogP contribution in [0, 0.1) is 0 Å². The fourth-order valence-electron chi connectivity index (χ4n) is 0.978. The van der Waals surface area contributed by atoms with E-state index in [1.165, 1.54) is 9.13 Å². The van der Waals surface area contributed by atoms with Gasteiger partial charge in [0.25, 0.3) is 0 Å². The van der Waals surface area contributed by atoms with Gasteiger partial charge in [0.05, 0.1) is 5.69 Å². The van der Waals surface area contributed by atoms with Crippen LogP contribution in [-0.4, -0.2) is 9.13 Å². The standard InChI is InChI=1S/C6H10ClN3O/c1-9-4(3-8)5(7)10(2)6(9)11/h3,8H2,1-2H3. The molecular weight excluding hydrogens is 166 g/mol. The number of aromatic nitrogens is 2. The third-order valence-corrected chi connectivity index (χ3v) is 2.18. The summed E-state index contributed by atoms with van der Waals surface area (Å²) in [6.45, 7) is 0.283. The lowest BCUT2D eigenvalue weighted by atomic mass is 10.5. The lowest BCUT2D eigenvalue weighted by Gasteiger charge is -1.95. The van der Waals surface area contributed by atoms with Crippen molar-refractivity contribution in [3.63, 3.8) is 0 Å². The Bertz CT molecular complexity index is 325. The summed E-state index contributed by atoms with van der Waals surface area (Å²) in [6.07, 6.45) is 0. The molecule has 0 aliphatic heterocycles. The van der Waals surface area contributed by atoms with Crippen LogP contribution in [0.2, 0.25) is 5.15 Å². The molecule has 1 aromatic heterocycles. The number of hydrogen-bond donors (Lipinski definition) is 1. The van der Waals surface area contributed by atoms with Gasteiger partial charge in [-0.1, -0.05) is 11.6 Å². The van der Waals surface area contributed by atoms with Crippen molar-refractivity contribution < 1.29 is 0 Å². The molecule has 2 N–H and O–H groups in total. The van der Waals surface area contributed by atoms with Crippen LogP contribution in [0.5, 0.6) is 0 Å². The molecule has 0 aliphatic carbocycles. The van der Waals surface area contributed by atoms with E-state index in [0.717, 1.165) is 0 Å². The topological polar surface area (TPSA) is 52.9 Å². The third-order valence-electron chi connectivity index (χ3n) is 1.70. The Morgan fingerprint density at radius 3 is 2.18 bits per heavy atom. The highest BCUT2D eigenvalue weighted by atomic mass is 35.5. The highest BCUT2D eigenvalue weighted by Gasteiger charge is 2.10. The van der Waals surface area contributed by atoms with E-state index in [1.807, 2.05) is 0 Å². The number of imidazole rings is 1. The zero-order chi connectivity index (χ0) is 8.59. The molecule has 0 atom stereocenters. The van der Waals surface area contributed by atoms with Crippen molar-refractivity contribution in [3.8, 4) is 0 Å². The average Bonchev–Trinajstić information content (AvgIpc) is 2.17. The summed E-state index contributed by atoms with van der Waals surface area (Å²) >= 11 is 5.78. The molecule has 0 spiro atoms. The molecular formula is C6H10ClN3O. The van der Waals surface area contributed by atoms with E-state index in [9.17, 15) is 4.79 Å². The third kappa shape index (κ3) is 1.08. The molecule has 0 radical (unpaired) electrons. The molecule has 0 unspecified atom stereocenters. The van der Waals surface area contributed by atoms with Crippen LogP contribution >= 0.6 is 11.6 Å². The van der Waals surface area contributed by atoms with E-state index in [1.54, 1.807) is 14.1 Å². The molecule has 0 saturated carbocycles. The molecule has 0 fully saturated rings. The van der Waals surface area contributed by atoms with Crippen LogP contribution in [0.1, 0.15) is 5.69 Å². The van der Waals surface area contributed by atoms with Gasteiger partial charge >= 0.3 is 5.69 Å². The summed E-state index contributed by atoms with van der Waals surface area (Å²) in [5, 5.41) is 0.417. The predicted octanol–water partition coefficient (Wildman–Crippen LogP) is -0.164. The molecule has 0 amide bonds. The summed E-state index contributed by atoms with van der Waals surface area (Å²) in [5.74, 6) is 0. The highest BCUT2D eigenvalue weighted by Crippen LogP contribution is 2.10. The summed E-state index contributed by atoms with van der Waals surface area (Å²) in [5.41, 5.74) is 5.90. The van der Waals surface area contributed by atoms with Gasteiger partial charge in [0.1, 0.15) is 5.15 Å². The van der Waals surface area contributed by atoms with Crippen LogP contribution < -0.4 is 11.4 Å². The Morgan fingerprint density at radius 2 is 2.00 bits per heavy atom. The average molecular weight is 176 g/mol. The molecule has 4 nitrogen and oxygen atoms in total. The Balaban J connectivity index is 3.48. The number of halogens is 1. The van der Waals surface area contributed by atoms with Crippen molar-refractivity contribution in [2.75, 3.05) is 0 Å². The summed E-state index contributed by atoms with van der Waals surface area (Å²) in [4.78, 5) is 11.2. The van der Waals surface area contributed by atoms with E-state index < -0.39 is 0 Å². The second-order valence-electron chi connectivity index (χ2n) is 2.34. The number of nitrogens with two attached hydrogens (primary N) is 1. The van der Waals surface area contributed by atoms with E-state index >= 15 is 0 Å². The smallest absolute Gasteiger partial charge is 0.325 e. The summed E-state index contributed by atoms with van der Waals surface area (Å²) in [7, 11) is 3.26. The Hall–Kier alpha value is -0.740. The van der Waals surface area contributed by atoms with Crippen LogP contribution in [0.25, 0.3) is 0 Å². The first-order valence-electron chi connectivity index (χ1n) is 3.19. The van der Waals surface area contributed by atoms with Gasteiger partial charge in [-0.3, -0.25) is 9.13 Å². The second-order valence-corrected chi connectivity index (χ2v) is 2.70. The Morgan fingerprint density at radius 1 is 1.45 bits per heavy atom. The SMILES string of the molecule is Cn1c(Cl)c(CN)n(C)c1=O. The molecule has 0 bridgehead atoms. The van der Waals surface area contributed by atoms with Crippen LogP contribution in [0.15, 0.2) is 4.79 Å². The fourth-order valence-corrected chi connectivity index (χ4v) is 1.25. The second kappa shape index (κ2) is 2.71. The van der Waals surface area contributed by atoms with Crippen LogP contribution in [0.4, 0.5) is 0 Å². The van der Waals surface area contributed by atoms with Crippen molar-refractivity contribution in [2.24, 2.45) is 19.8 Å². The van der Waals surface area contributed by atoms with Crippen molar-refractivity contribution in [1.82, 2.24) is 9.13 Å². The van der Waals surface area contributed by atoms with Gasteiger partial charge in [0, 0.05) is 20.6 Å². The molecule has 0 aromatic carbocycles. The van der Waals surface area contributed by atoms with Crippen molar-refractivity contribution >= 4 is 11.6 Å². The number of hydrogen-bond acceptors (Lipinski definition) is 2. The van der Waals surface area contributed by atoms with Gasteiger partial charge in [0.2, 0.25) is 0 Å². The van der Waals surface area contributed by atoms with Crippen LogP contribution in [-0.2, 0) is 20.6 Å². The lowest BCUT2D eigenvalue weighted by Crippen LogP contribution is -2.20. The van der Waals surface area contributed by atoms with Gasteiger partial charge in [0.15, 0.2) is 0 Å². The minimum atomic E-state index is -0.143. The molecule has 0 saturated heterocycles. The van der Waals surface area contributed by atoms with Crippen LogP contribution in [0.3, 0.4) is 0 Å². The van der Waals surface area contributed by atoms with Crippen molar-refractivity contribution in [2.45, 2.75) is 6.54 Å². The molecule has 1 aromatic rings. The predicted molar refractivity (Wildman–Crippen MR) is 43.6 cm³/mol. The number of nitrogens with zero attached hydrogens (tertiary/aromatic N) is 2. The van der Waals surface area contributed by atoms with Gasteiger partial charge in [-0.25, -0.2) is 4.79 Å². The molecule has 1 rings (SSSR count). The lowest BCUT2D eigenvalue weighted by molar-refractivity contribution is 0.750. The summed E-state index contributed by atoms with van der Waals surface area (Å²) < 4.78 is 2.81. The zero-order valence-electron chi connectivity index (χ0n) is 6.47. The Labute approximate surface area is 69.2 Å². The van der Waals surface area contributed by atoms with Gasteiger partial charge in [-0.05, 0) is 0 Å². The first-order valence-corrected chi connectivity index (χ1v) is 3.57. The normalized spacial score (nSPS) is 10.5. The largest absolute Gasteiger partial charge is 0.329 e. The zero-order valence-corrected chi connectivity index (χ0v) is 7.22. The van der Waals surface area contributed by atoms with Gasteiger partial charge in [-0.15, -0.1) is 0 Å². The first-order chi connectivity index (χ1) is 5.09. The molecule has 5 heteroatoms. The van der Waals surface area contributed by atoms with Gasteiger partial charge < -0.3 is 5.73 Å². The fraction of sp³-hybridized carbons (Fsp3) is 0.500. The first kappa shape index (κ1) is 8.36. The summed E-state index contributed by atoms with van der Waals surface area (Å²) in [6, 6.07) is 0. The molecule has 0 aliphatic rings. The van der Waals surface area contributed by atoms with E-state index in [0.29, 0.717) is 10.8 Å².